The fraction of sp³-hybridized carbons (Fsp3) is 0.556. The van der Waals surface area contributed by atoms with Crippen LogP contribution < -0.4 is 0 Å². The molecule has 0 aromatic heterocycles. The third-order valence-corrected chi connectivity index (χ3v) is 3.59. The highest BCUT2D eigenvalue weighted by atomic mass is 32.2. The molecule has 2 atom stereocenters. The molecule has 1 fully saturated rings. The maximum Gasteiger partial charge on any atom is 0.0189 e. The van der Waals surface area contributed by atoms with Crippen molar-refractivity contribution in [2.75, 3.05) is 0 Å². The topological polar surface area (TPSA) is 0 Å². The monoisotopic (exact) mass is 152 g/mol. The Kier molecular flexibility index (Phi) is 1.61. The third-order valence-electron chi connectivity index (χ3n) is 2.40. The Morgan fingerprint density at radius 3 is 3.30 bits per heavy atom. The molecule has 1 aliphatic heterocycles. The van der Waals surface area contributed by atoms with Crippen LogP contribution >= 0.6 is 11.8 Å². The summed E-state index contributed by atoms with van der Waals surface area (Å²) in [4.78, 5) is 0. The van der Waals surface area contributed by atoms with E-state index in [1.54, 1.807) is 0 Å². The van der Waals surface area contributed by atoms with E-state index in [0.717, 1.165) is 11.2 Å². The van der Waals surface area contributed by atoms with Gasteiger partial charge in [-0.25, -0.2) is 0 Å². The highest BCUT2D eigenvalue weighted by molar-refractivity contribution is 8.03. The summed E-state index contributed by atoms with van der Waals surface area (Å²) in [5, 5.41) is 3.09. The number of hydrogen-bond donors (Lipinski definition) is 0. The van der Waals surface area contributed by atoms with Gasteiger partial charge in [-0.05, 0) is 24.7 Å². The predicted molar refractivity (Wildman–Crippen MR) is 47.0 cm³/mol. The lowest BCUT2D eigenvalue weighted by atomic mass is 9.85. The zero-order chi connectivity index (χ0) is 6.97. The molecular weight excluding hydrogens is 140 g/mol. The summed E-state index contributed by atoms with van der Waals surface area (Å²) in [6, 6.07) is 0. The van der Waals surface area contributed by atoms with E-state index in [-0.39, 0.29) is 0 Å². The quantitative estimate of drug-likeness (QED) is 0.481. The van der Waals surface area contributed by atoms with Crippen molar-refractivity contribution in [2.24, 2.45) is 5.92 Å². The van der Waals surface area contributed by atoms with Crippen molar-refractivity contribution in [3.8, 4) is 0 Å². The molecule has 2 unspecified atom stereocenters. The molecule has 1 heterocycles. The van der Waals surface area contributed by atoms with Gasteiger partial charge in [0.2, 0.25) is 0 Å². The summed E-state index contributed by atoms with van der Waals surface area (Å²) in [7, 11) is 0. The smallest absolute Gasteiger partial charge is 0.0189 e. The van der Waals surface area contributed by atoms with Crippen LogP contribution in [0.3, 0.4) is 0 Å². The van der Waals surface area contributed by atoms with Gasteiger partial charge >= 0.3 is 0 Å². The zero-order valence-corrected chi connectivity index (χ0v) is 6.86. The molecule has 0 radical (unpaired) electrons. The molecule has 1 aliphatic carbocycles. The molecule has 10 heavy (non-hydrogen) atoms. The molecule has 0 spiro atoms. The third kappa shape index (κ3) is 0.929. The standard InChI is InChI=1S/C9H12S/c1-7-3-2-4-9-8(7)5-6-10-9/h5-6,8-9H,1-4H2. The second-order valence-electron chi connectivity index (χ2n) is 3.08. The van der Waals surface area contributed by atoms with Crippen molar-refractivity contribution in [1.82, 2.24) is 0 Å². The lowest BCUT2D eigenvalue weighted by molar-refractivity contribution is 0.543. The molecule has 2 aliphatic rings. The number of rotatable bonds is 0. The Morgan fingerprint density at radius 2 is 2.50 bits per heavy atom. The Bertz CT molecular complexity index is 181. The van der Waals surface area contributed by atoms with Crippen LogP contribution in [-0.4, -0.2) is 5.25 Å². The molecular formula is C9H12S. The van der Waals surface area contributed by atoms with Crippen molar-refractivity contribution in [3.05, 3.63) is 23.6 Å². The van der Waals surface area contributed by atoms with Crippen molar-refractivity contribution < 1.29 is 0 Å². The second kappa shape index (κ2) is 2.46. The van der Waals surface area contributed by atoms with E-state index in [1.165, 1.54) is 24.8 Å². The molecule has 1 saturated carbocycles. The van der Waals surface area contributed by atoms with Crippen molar-refractivity contribution in [3.63, 3.8) is 0 Å². The van der Waals surface area contributed by atoms with Gasteiger partial charge < -0.3 is 0 Å². The average Bonchev–Trinajstić information content (AvgIpc) is 2.36. The van der Waals surface area contributed by atoms with Gasteiger partial charge in [-0.1, -0.05) is 18.2 Å². The molecule has 2 rings (SSSR count). The van der Waals surface area contributed by atoms with Gasteiger partial charge in [0.15, 0.2) is 0 Å². The lowest BCUT2D eigenvalue weighted by Crippen LogP contribution is -2.18. The van der Waals surface area contributed by atoms with E-state index in [1.807, 2.05) is 11.8 Å². The second-order valence-corrected chi connectivity index (χ2v) is 4.23. The van der Waals surface area contributed by atoms with E-state index in [2.05, 4.69) is 18.1 Å². The minimum atomic E-state index is 0.721. The van der Waals surface area contributed by atoms with Crippen LogP contribution in [0.5, 0.6) is 0 Å². The van der Waals surface area contributed by atoms with Crippen LogP contribution in [0.4, 0.5) is 0 Å². The number of allylic oxidation sites excluding steroid dienone is 2. The molecule has 0 saturated heterocycles. The van der Waals surface area contributed by atoms with Gasteiger partial charge in [-0.2, -0.15) is 0 Å². The van der Waals surface area contributed by atoms with Crippen LogP contribution in [0.25, 0.3) is 0 Å². The lowest BCUT2D eigenvalue weighted by Gasteiger charge is -2.25. The minimum Gasteiger partial charge on any atom is -0.130 e. The number of thioether (sulfide) groups is 1. The van der Waals surface area contributed by atoms with Gasteiger partial charge in [0, 0.05) is 11.2 Å². The van der Waals surface area contributed by atoms with E-state index in [4.69, 9.17) is 0 Å². The van der Waals surface area contributed by atoms with E-state index < -0.39 is 0 Å². The molecule has 0 N–H and O–H groups in total. The highest BCUT2D eigenvalue weighted by Crippen LogP contribution is 2.41. The van der Waals surface area contributed by atoms with Gasteiger partial charge in [0.1, 0.15) is 0 Å². The Hall–Kier alpha value is -0.170. The largest absolute Gasteiger partial charge is 0.130 e. The minimum absolute atomic E-state index is 0.721. The van der Waals surface area contributed by atoms with Crippen molar-refractivity contribution in [2.45, 2.75) is 24.5 Å². The summed E-state index contributed by atoms with van der Waals surface area (Å²) < 4.78 is 0. The molecule has 0 bridgehead atoms. The summed E-state index contributed by atoms with van der Waals surface area (Å²) >= 11 is 1.99. The first-order valence-corrected chi connectivity index (χ1v) is 4.82. The van der Waals surface area contributed by atoms with Crippen LogP contribution in [0, 0.1) is 5.92 Å². The zero-order valence-electron chi connectivity index (χ0n) is 6.05. The average molecular weight is 152 g/mol. The van der Waals surface area contributed by atoms with E-state index in [0.29, 0.717) is 0 Å². The first-order valence-electron chi connectivity index (χ1n) is 3.88. The van der Waals surface area contributed by atoms with E-state index in [9.17, 15) is 0 Å². The Balaban J connectivity index is 2.16. The predicted octanol–water partition coefficient (Wildman–Crippen LogP) is 2.97. The first kappa shape index (κ1) is 6.53. The normalized spacial score (nSPS) is 38.2. The fourth-order valence-electron chi connectivity index (χ4n) is 1.78. The van der Waals surface area contributed by atoms with Crippen molar-refractivity contribution >= 4 is 11.8 Å². The van der Waals surface area contributed by atoms with E-state index >= 15 is 0 Å². The molecule has 54 valence electrons. The molecule has 0 nitrogen and oxygen atoms in total. The van der Waals surface area contributed by atoms with Crippen molar-refractivity contribution in [1.29, 1.82) is 0 Å². The van der Waals surface area contributed by atoms with Crippen LogP contribution in [0.15, 0.2) is 23.6 Å². The fourth-order valence-corrected chi connectivity index (χ4v) is 3.00. The van der Waals surface area contributed by atoms with Gasteiger partial charge in [0.25, 0.3) is 0 Å². The summed E-state index contributed by atoms with van der Waals surface area (Å²) in [5.41, 5.74) is 1.46. The summed E-state index contributed by atoms with van der Waals surface area (Å²) in [6.45, 7) is 4.09. The maximum absolute atomic E-state index is 4.09. The van der Waals surface area contributed by atoms with Gasteiger partial charge in [-0.15, -0.1) is 11.8 Å². The van der Waals surface area contributed by atoms with Crippen LogP contribution in [0.1, 0.15) is 19.3 Å². The maximum atomic E-state index is 4.09. The Labute approximate surface area is 66.4 Å². The van der Waals surface area contributed by atoms with Crippen LogP contribution in [0.2, 0.25) is 0 Å². The van der Waals surface area contributed by atoms with Gasteiger partial charge in [-0.3, -0.25) is 0 Å². The molecule has 0 aromatic carbocycles. The molecule has 1 heteroatoms. The SMILES string of the molecule is C=C1CCCC2SC=CC12. The van der Waals surface area contributed by atoms with Gasteiger partial charge in [0.05, 0.1) is 0 Å². The number of hydrogen-bond acceptors (Lipinski definition) is 1. The Morgan fingerprint density at radius 1 is 1.60 bits per heavy atom. The highest BCUT2D eigenvalue weighted by Gasteiger charge is 2.28. The van der Waals surface area contributed by atoms with Crippen LogP contribution in [-0.2, 0) is 0 Å². The summed E-state index contributed by atoms with van der Waals surface area (Å²) in [6.07, 6.45) is 6.32. The molecule has 0 amide bonds. The summed E-state index contributed by atoms with van der Waals surface area (Å²) in [5.74, 6) is 0.721. The molecule has 0 aromatic rings. The number of fused-ring (bicyclic) bond motifs is 1. The first-order chi connectivity index (χ1) is 4.88.